The van der Waals surface area contributed by atoms with E-state index in [9.17, 15) is 4.79 Å². The van der Waals surface area contributed by atoms with E-state index >= 15 is 0 Å². The fourth-order valence-electron chi connectivity index (χ4n) is 2.02. The monoisotopic (exact) mass is 344 g/mol. The van der Waals surface area contributed by atoms with Gasteiger partial charge in [-0.15, -0.1) is 12.4 Å². The number of carbonyl (C=O) groups is 1. The van der Waals surface area contributed by atoms with E-state index in [0.717, 1.165) is 12.8 Å². The van der Waals surface area contributed by atoms with Crippen LogP contribution in [-0.2, 0) is 0 Å². The van der Waals surface area contributed by atoms with Crippen LogP contribution >= 0.6 is 12.4 Å². The summed E-state index contributed by atoms with van der Waals surface area (Å²) < 4.78 is 10.9. The van der Waals surface area contributed by atoms with Crippen LogP contribution in [-0.4, -0.2) is 31.2 Å². The van der Waals surface area contributed by atoms with Gasteiger partial charge in [-0.2, -0.15) is 0 Å². The molecule has 0 aliphatic heterocycles. The maximum atomic E-state index is 12.3. The fourth-order valence-corrected chi connectivity index (χ4v) is 2.02. The van der Waals surface area contributed by atoms with Crippen LogP contribution < -0.4 is 20.5 Å². The maximum Gasteiger partial charge on any atom is 0.251 e. The number of halogens is 1. The molecule has 0 atom stereocenters. The second-order valence-corrected chi connectivity index (χ2v) is 5.78. The Morgan fingerprint density at radius 1 is 1.26 bits per heavy atom. The van der Waals surface area contributed by atoms with Crippen molar-refractivity contribution in [3.8, 4) is 11.5 Å². The first-order chi connectivity index (χ1) is 10.3. The highest BCUT2D eigenvalue weighted by Gasteiger charge is 2.21. The molecule has 3 N–H and O–H groups in total. The van der Waals surface area contributed by atoms with Crippen LogP contribution in [0.4, 0.5) is 0 Å². The van der Waals surface area contributed by atoms with Crippen molar-refractivity contribution in [1.29, 1.82) is 0 Å². The molecule has 0 bridgehead atoms. The Labute approximate surface area is 145 Å². The van der Waals surface area contributed by atoms with Crippen LogP contribution in [0.3, 0.4) is 0 Å². The van der Waals surface area contributed by atoms with Crippen molar-refractivity contribution in [3.05, 3.63) is 23.8 Å². The third-order valence-electron chi connectivity index (χ3n) is 3.80. The van der Waals surface area contributed by atoms with Crippen LogP contribution in [0, 0.1) is 0 Å². The molecule has 0 aliphatic rings. The lowest BCUT2D eigenvalue weighted by Crippen LogP contribution is -2.49. The van der Waals surface area contributed by atoms with E-state index in [2.05, 4.69) is 5.32 Å². The average Bonchev–Trinajstić information content (AvgIpc) is 2.52. The van der Waals surface area contributed by atoms with E-state index in [1.54, 1.807) is 25.3 Å². The van der Waals surface area contributed by atoms with Crippen LogP contribution in [0.5, 0.6) is 11.5 Å². The van der Waals surface area contributed by atoms with Gasteiger partial charge >= 0.3 is 0 Å². The molecule has 0 heterocycles. The van der Waals surface area contributed by atoms with Crippen molar-refractivity contribution >= 4 is 18.3 Å². The number of methoxy groups -OCH3 is 1. The number of amides is 1. The van der Waals surface area contributed by atoms with E-state index in [0.29, 0.717) is 23.6 Å². The topological polar surface area (TPSA) is 73.6 Å². The predicted molar refractivity (Wildman–Crippen MR) is 95.8 cm³/mol. The number of benzene rings is 1. The van der Waals surface area contributed by atoms with Gasteiger partial charge in [0, 0.05) is 17.6 Å². The Balaban J connectivity index is 0.00000484. The second kappa shape index (κ2) is 9.63. The molecule has 0 aliphatic carbocycles. The molecule has 1 aromatic carbocycles. The summed E-state index contributed by atoms with van der Waals surface area (Å²) in [5.74, 6) is 1.02. The van der Waals surface area contributed by atoms with E-state index in [4.69, 9.17) is 15.2 Å². The fraction of sp³-hybridized carbons (Fsp3) is 0.588. The van der Waals surface area contributed by atoms with Gasteiger partial charge < -0.3 is 20.5 Å². The van der Waals surface area contributed by atoms with E-state index in [1.165, 1.54) is 0 Å². The summed E-state index contributed by atoms with van der Waals surface area (Å²) in [6, 6.07) is 5.16. The Hall–Kier alpha value is -1.46. The highest BCUT2D eigenvalue weighted by molar-refractivity contribution is 5.94. The van der Waals surface area contributed by atoms with Gasteiger partial charge in [-0.3, -0.25) is 4.79 Å². The molecule has 1 aromatic rings. The lowest BCUT2D eigenvalue weighted by atomic mass is 9.94. The summed E-state index contributed by atoms with van der Waals surface area (Å²) in [5.41, 5.74) is 6.37. The molecule has 23 heavy (non-hydrogen) atoms. The second-order valence-electron chi connectivity index (χ2n) is 5.78. The summed E-state index contributed by atoms with van der Waals surface area (Å²) in [6.45, 7) is 8.38. The van der Waals surface area contributed by atoms with Gasteiger partial charge in [-0.1, -0.05) is 13.8 Å². The van der Waals surface area contributed by atoms with Gasteiger partial charge in [0.15, 0.2) is 11.5 Å². The van der Waals surface area contributed by atoms with Gasteiger partial charge in [-0.05, 0) is 44.9 Å². The first kappa shape index (κ1) is 21.5. The zero-order valence-corrected chi connectivity index (χ0v) is 15.5. The van der Waals surface area contributed by atoms with Gasteiger partial charge in [0.05, 0.1) is 13.2 Å². The molecular formula is C17H29ClN2O3. The van der Waals surface area contributed by atoms with Gasteiger partial charge in [-0.25, -0.2) is 0 Å². The number of nitrogens with one attached hydrogen (secondary N) is 1. The molecule has 0 aromatic heterocycles. The normalized spacial score (nSPS) is 10.9. The van der Waals surface area contributed by atoms with Crippen molar-refractivity contribution in [1.82, 2.24) is 5.32 Å². The van der Waals surface area contributed by atoms with Crippen LogP contribution in [0.25, 0.3) is 0 Å². The molecule has 0 saturated heterocycles. The summed E-state index contributed by atoms with van der Waals surface area (Å²) in [6.07, 6.45) is 1.67. The predicted octanol–water partition coefficient (Wildman–Crippen LogP) is 3.15. The molecular weight excluding hydrogens is 316 g/mol. The molecule has 1 rings (SSSR count). The van der Waals surface area contributed by atoms with E-state index in [-0.39, 0.29) is 30.0 Å². The Bertz CT molecular complexity index is 503. The van der Waals surface area contributed by atoms with Gasteiger partial charge in [0.25, 0.3) is 5.91 Å². The van der Waals surface area contributed by atoms with Crippen LogP contribution in [0.15, 0.2) is 18.2 Å². The SMILES string of the molecule is CCC(N)(CC)CNC(=O)c1ccc(OC(C)C)c(OC)c1.Cl. The molecule has 5 nitrogen and oxygen atoms in total. The third kappa shape index (κ3) is 6.28. The highest BCUT2D eigenvalue weighted by atomic mass is 35.5. The molecule has 0 unspecified atom stereocenters. The largest absolute Gasteiger partial charge is 0.493 e. The van der Waals surface area contributed by atoms with Gasteiger partial charge in [0.1, 0.15) is 0 Å². The van der Waals surface area contributed by atoms with Crippen molar-refractivity contribution in [2.75, 3.05) is 13.7 Å². The summed E-state index contributed by atoms with van der Waals surface area (Å²) >= 11 is 0. The quantitative estimate of drug-likeness (QED) is 0.759. The number of nitrogens with two attached hydrogens (primary N) is 1. The summed E-state index contributed by atoms with van der Waals surface area (Å²) in [5, 5.41) is 2.89. The van der Waals surface area contributed by atoms with Crippen LogP contribution in [0.2, 0.25) is 0 Å². The minimum atomic E-state index is -0.361. The van der Waals surface area contributed by atoms with Crippen molar-refractivity contribution in [2.24, 2.45) is 5.73 Å². The van der Waals surface area contributed by atoms with Crippen molar-refractivity contribution < 1.29 is 14.3 Å². The molecule has 132 valence electrons. The summed E-state index contributed by atoms with van der Waals surface area (Å²) in [4.78, 5) is 12.3. The number of hydrogen-bond acceptors (Lipinski definition) is 4. The van der Waals surface area contributed by atoms with Crippen LogP contribution in [0.1, 0.15) is 50.9 Å². The molecule has 1 amide bonds. The number of ether oxygens (including phenoxy) is 2. The number of hydrogen-bond donors (Lipinski definition) is 2. The Kier molecular flexibility index (Phi) is 9.02. The maximum absolute atomic E-state index is 12.3. The van der Waals surface area contributed by atoms with Crippen molar-refractivity contribution in [2.45, 2.75) is 52.2 Å². The van der Waals surface area contributed by atoms with E-state index in [1.807, 2.05) is 27.7 Å². The minimum Gasteiger partial charge on any atom is -0.493 e. The average molecular weight is 345 g/mol. The smallest absolute Gasteiger partial charge is 0.251 e. The Morgan fingerprint density at radius 3 is 2.35 bits per heavy atom. The number of rotatable bonds is 8. The lowest BCUT2D eigenvalue weighted by Gasteiger charge is -2.26. The molecule has 6 heteroatoms. The minimum absolute atomic E-state index is 0. The lowest BCUT2D eigenvalue weighted by molar-refractivity contribution is 0.0941. The van der Waals surface area contributed by atoms with Crippen molar-refractivity contribution in [3.63, 3.8) is 0 Å². The molecule has 0 saturated carbocycles. The van der Waals surface area contributed by atoms with Gasteiger partial charge in [0.2, 0.25) is 0 Å². The molecule has 0 radical (unpaired) electrons. The first-order valence-corrected chi connectivity index (χ1v) is 7.77. The highest BCUT2D eigenvalue weighted by Crippen LogP contribution is 2.29. The molecule has 0 spiro atoms. The zero-order valence-electron chi connectivity index (χ0n) is 14.6. The first-order valence-electron chi connectivity index (χ1n) is 7.77. The third-order valence-corrected chi connectivity index (χ3v) is 3.80. The number of carbonyl (C=O) groups excluding carboxylic acids is 1. The molecule has 0 fully saturated rings. The zero-order chi connectivity index (χ0) is 16.8. The summed E-state index contributed by atoms with van der Waals surface area (Å²) in [7, 11) is 1.56. The standard InChI is InChI=1S/C17H28N2O3.ClH/c1-6-17(18,7-2)11-19-16(20)13-8-9-14(22-12(3)4)15(10-13)21-5;/h8-10,12H,6-7,11,18H2,1-5H3,(H,19,20);1H. The van der Waals surface area contributed by atoms with E-state index < -0.39 is 0 Å². The Morgan fingerprint density at radius 2 is 1.87 bits per heavy atom.